The third kappa shape index (κ3) is 3.05. The number of carboxylic acids is 1. The first-order valence-electron chi connectivity index (χ1n) is 6.17. The van der Waals surface area contributed by atoms with Crippen LogP contribution in [0, 0.1) is 5.82 Å². The fourth-order valence-electron chi connectivity index (χ4n) is 2.19. The molecule has 3 N–H and O–H groups in total. The number of β-amino-alcohol motifs (C(OH)–C–C–N with tert-alkyl or cyclic N) is 1. The normalized spacial score (nSPS) is 21.8. The molecule has 0 unspecified atom stereocenters. The molecule has 1 aliphatic rings. The van der Waals surface area contributed by atoms with E-state index < -0.39 is 30.0 Å². The molecular formula is C13H15FN2O4. The molecule has 1 aliphatic heterocycles. The van der Waals surface area contributed by atoms with E-state index in [9.17, 15) is 19.1 Å². The van der Waals surface area contributed by atoms with Gasteiger partial charge in [-0.25, -0.2) is 14.0 Å². The predicted molar refractivity (Wildman–Crippen MR) is 67.4 cm³/mol. The monoisotopic (exact) mass is 282 g/mol. The van der Waals surface area contributed by atoms with Gasteiger partial charge in [-0.3, -0.25) is 0 Å². The Labute approximate surface area is 114 Å². The predicted octanol–water partition coefficient (Wildman–Crippen LogP) is 0.555. The summed E-state index contributed by atoms with van der Waals surface area (Å²) in [4.78, 5) is 24.0. The fourth-order valence-corrected chi connectivity index (χ4v) is 2.19. The number of urea groups is 1. The highest BCUT2D eigenvalue weighted by Gasteiger charge is 2.38. The quantitative estimate of drug-likeness (QED) is 0.755. The average Bonchev–Trinajstić information content (AvgIpc) is 2.80. The zero-order valence-electron chi connectivity index (χ0n) is 10.6. The Kier molecular flexibility index (Phi) is 4.19. The van der Waals surface area contributed by atoms with Crippen LogP contribution >= 0.6 is 0 Å². The van der Waals surface area contributed by atoms with E-state index in [1.54, 1.807) is 6.07 Å². The number of halogens is 1. The molecule has 20 heavy (non-hydrogen) atoms. The molecule has 0 aromatic heterocycles. The number of hydrogen-bond acceptors (Lipinski definition) is 3. The lowest BCUT2D eigenvalue weighted by Crippen LogP contribution is -2.46. The van der Waals surface area contributed by atoms with Crippen LogP contribution in [0.2, 0.25) is 0 Å². The Bertz CT molecular complexity index is 523. The summed E-state index contributed by atoms with van der Waals surface area (Å²) in [5.74, 6) is -1.60. The zero-order chi connectivity index (χ0) is 14.7. The second-order valence-corrected chi connectivity index (χ2v) is 4.65. The van der Waals surface area contributed by atoms with Crippen LogP contribution in [0.25, 0.3) is 0 Å². The van der Waals surface area contributed by atoms with Crippen molar-refractivity contribution in [3.05, 3.63) is 35.6 Å². The maximum atomic E-state index is 13.4. The average molecular weight is 282 g/mol. The van der Waals surface area contributed by atoms with Crippen LogP contribution in [0.15, 0.2) is 24.3 Å². The van der Waals surface area contributed by atoms with Gasteiger partial charge in [0, 0.05) is 25.1 Å². The van der Waals surface area contributed by atoms with E-state index in [0.29, 0.717) is 5.56 Å². The van der Waals surface area contributed by atoms with E-state index in [1.807, 2.05) is 0 Å². The Hall–Kier alpha value is -2.15. The number of carbonyl (C=O) groups excluding carboxylic acids is 1. The van der Waals surface area contributed by atoms with Crippen LogP contribution in [0.1, 0.15) is 12.0 Å². The van der Waals surface area contributed by atoms with Gasteiger partial charge in [0.2, 0.25) is 0 Å². The van der Waals surface area contributed by atoms with Crippen molar-refractivity contribution in [2.24, 2.45) is 0 Å². The number of hydrogen-bond donors (Lipinski definition) is 3. The first-order chi connectivity index (χ1) is 9.49. The third-order valence-electron chi connectivity index (χ3n) is 3.21. The van der Waals surface area contributed by atoms with Crippen molar-refractivity contribution in [2.75, 3.05) is 6.54 Å². The van der Waals surface area contributed by atoms with Gasteiger partial charge in [0.05, 0.1) is 6.10 Å². The van der Waals surface area contributed by atoms with Crippen molar-refractivity contribution in [2.45, 2.75) is 25.1 Å². The van der Waals surface area contributed by atoms with Gasteiger partial charge >= 0.3 is 12.0 Å². The van der Waals surface area contributed by atoms with Crippen LogP contribution in [0.4, 0.5) is 9.18 Å². The first-order valence-corrected chi connectivity index (χ1v) is 6.17. The van der Waals surface area contributed by atoms with Crippen LogP contribution in [0.5, 0.6) is 0 Å². The summed E-state index contributed by atoms with van der Waals surface area (Å²) < 4.78 is 13.4. The second kappa shape index (κ2) is 5.87. The summed E-state index contributed by atoms with van der Waals surface area (Å²) >= 11 is 0. The summed E-state index contributed by atoms with van der Waals surface area (Å²) in [5.41, 5.74) is 0.312. The summed E-state index contributed by atoms with van der Waals surface area (Å²) in [5, 5.41) is 20.9. The lowest BCUT2D eigenvalue weighted by molar-refractivity contribution is -0.141. The standard InChI is InChI=1S/C13H15FN2O4/c14-10-4-2-1-3-8(10)6-15-13(20)16-7-9(17)5-11(16)12(18)19/h1-4,9,11,17H,5-7H2,(H,15,20)(H,18,19)/t9-,11-/m1/s1. The molecule has 0 saturated carbocycles. The van der Waals surface area contributed by atoms with E-state index in [-0.39, 0.29) is 19.5 Å². The number of carbonyl (C=O) groups is 2. The highest BCUT2D eigenvalue weighted by atomic mass is 19.1. The number of benzene rings is 1. The Morgan fingerprint density at radius 2 is 2.10 bits per heavy atom. The molecule has 0 spiro atoms. The summed E-state index contributed by atoms with van der Waals surface area (Å²) in [7, 11) is 0. The van der Waals surface area contributed by atoms with E-state index in [4.69, 9.17) is 5.11 Å². The number of amides is 2. The molecule has 0 bridgehead atoms. The molecule has 1 fully saturated rings. The minimum Gasteiger partial charge on any atom is -0.480 e. The molecule has 2 amide bonds. The van der Waals surface area contributed by atoms with Crippen molar-refractivity contribution in [1.29, 1.82) is 0 Å². The van der Waals surface area contributed by atoms with Gasteiger partial charge in [0.25, 0.3) is 0 Å². The maximum absolute atomic E-state index is 13.4. The van der Waals surface area contributed by atoms with Crippen LogP contribution in [-0.2, 0) is 11.3 Å². The van der Waals surface area contributed by atoms with Crippen molar-refractivity contribution in [3.63, 3.8) is 0 Å². The number of aliphatic hydroxyl groups is 1. The molecule has 108 valence electrons. The van der Waals surface area contributed by atoms with Gasteiger partial charge < -0.3 is 20.4 Å². The van der Waals surface area contributed by atoms with Crippen LogP contribution < -0.4 is 5.32 Å². The maximum Gasteiger partial charge on any atom is 0.326 e. The highest BCUT2D eigenvalue weighted by molar-refractivity contribution is 5.83. The van der Waals surface area contributed by atoms with Crippen molar-refractivity contribution in [1.82, 2.24) is 10.2 Å². The topological polar surface area (TPSA) is 89.9 Å². The van der Waals surface area contributed by atoms with Crippen LogP contribution in [0.3, 0.4) is 0 Å². The van der Waals surface area contributed by atoms with E-state index in [0.717, 1.165) is 4.90 Å². The fraction of sp³-hybridized carbons (Fsp3) is 0.385. The number of carboxylic acid groups (broad SMARTS) is 1. The van der Waals surface area contributed by atoms with Gasteiger partial charge in [-0.15, -0.1) is 0 Å². The SMILES string of the molecule is O=C(O)[C@H]1C[C@@H](O)CN1C(=O)NCc1ccccc1F. The number of nitrogens with zero attached hydrogens (tertiary/aromatic N) is 1. The molecule has 1 aromatic carbocycles. The minimum absolute atomic E-state index is 0.00243. The number of aliphatic carboxylic acids is 1. The Morgan fingerprint density at radius 3 is 2.75 bits per heavy atom. The lowest BCUT2D eigenvalue weighted by atomic mass is 10.2. The van der Waals surface area contributed by atoms with Gasteiger partial charge in [0.1, 0.15) is 11.9 Å². The molecule has 0 aliphatic carbocycles. The number of nitrogens with one attached hydrogen (secondary N) is 1. The molecule has 2 rings (SSSR count). The molecular weight excluding hydrogens is 267 g/mol. The smallest absolute Gasteiger partial charge is 0.326 e. The molecule has 0 radical (unpaired) electrons. The number of rotatable bonds is 3. The second-order valence-electron chi connectivity index (χ2n) is 4.65. The van der Waals surface area contributed by atoms with Gasteiger partial charge in [-0.2, -0.15) is 0 Å². The molecule has 1 heterocycles. The van der Waals surface area contributed by atoms with Crippen molar-refractivity contribution >= 4 is 12.0 Å². The molecule has 1 saturated heterocycles. The van der Waals surface area contributed by atoms with Gasteiger partial charge in [-0.1, -0.05) is 18.2 Å². The van der Waals surface area contributed by atoms with E-state index in [1.165, 1.54) is 18.2 Å². The Morgan fingerprint density at radius 1 is 1.40 bits per heavy atom. The highest BCUT2D eigenvalue weighted by Crippen LogP contribution is 2.18. The molecule has 6 nitrogen and oxygen atoms in total. The van der Waals surface area contributed by atoms with E-state index >= 15 is 0 Å². The summed E-state index contributed by atoms with van der Waals surface area (Å²) in [6.45, 7) is -0.0789. The Balaban J connectivity index is 1.98. The molecule has 1 aromatic rings. The van der Waals surface area contributed by atoms with Crippen molar-refractivity contribution < 1.29 is 24.2 Å². The van der Waals surface area contributed by atoms with Crippen molar-refractivity contribution in [3.8, 4) is 0 Å². The van der Waals surface area contributed by atoms with Gasteiger partial charge in [-0.05, 0) is 6.07 Å². The molecule has 2 atom stereocenters. The number of aliphatic hydroxyl groups excluding tert-OH is 1. The largest absolute Gasteiger partial charge is 0.480 e. The summed E-state index contributed by atoms with van der Waals surface area (Å²) in [6, 6.07) is 4.31. The summed E-state index contributed by atoms with van der Waals surface area (Å²) in [6.07, 6.45) is -0.849. The van der Waals surface area contributed by atoms with Crippen LogP contribution in [-0.4, -0.2) is 45.8 Å². The number of likely N-dealkylation sites (tertiary alicyclic amines) is 1. The third-order valence-corrected chi connectivity index (χ3v) is 3.21. The molecule has 7 heteroatoms. The zero-order valence-corrected chi connectivity index (χ0v) is 10.6. The van der Waals surface area contributed by atoms with E-state index in [2.05, 4.69) is 5.32 Å². The van der Waals surface area contributed by atoms with Gasteiger partial charge in [0.15, 0.2) is 0 Å². The minimum atomic E-state index is -1.16. The lowest BCUT2D eigenvalue weighted by Gasteiger charge is -2.21. The first kappa shape index (κ1) is 14.3.